The quantitative estimate of drug-likeness (QED) is 0.0578. The van der Waals surface area contributed by atoms with Gasteiger partial charge in [-0.25, -0.2) is 0 Å². The maximum absolute atomic E-state index is 14.4. The van der Waals surface area contributed by atoms with E-state index in [1.54, 1.807) is 112 Å². The fourth-order valence-corrected chi connectivity index (χ4v) is 18.4. The van der Waals surface area contributed by atoms with E-state index in [1.807, 2.05) is 93.2 Å². The van der Waals surface area contributed by atoms with Crippen LogP contribution >= 0.6 is 0 Å². The number of methoxy groups -OCH3 is 4. The number of allylic oxidation sites excluding steroid dienone is 6. The van der Waals surface area contributed by atoms with Gasteiger partial charge in [0.05, 0.1) is 131 Å². The van der Waals surface area contributed by atoms with Crippen LogP contribution < -0.4 is 0 Å². The van der Waals surface area contributed by atoms with Gasteiger partial charge in [-0.2, -0.15) is 0 Å². The molecule has 12 unspecified atom stereocenters. The minimum atomic E-state index is -1.20. The Morgan fingerprint density at radius 2 is 0.861 bits per heavy atom. The van der Waals surface area contributed by atoms with Crippen LogP contribution in [0, 0.1) is 59.2 Å². The summed E-state index contributed by atoms with van der Waals surface area (Å²) in [6.07, 6.45) is 0.299. The number of nitrogens with zero attached hydrogens (tertiary/aromatic N) is 2. The van der Waals surface area contributed by atoms with E-state index in [9.17, 15) is 39.0 Å². The smallest absolute Gasteiger partial charge is 0.308 e. The summed E-state index contributed by atoms with van der Waals surface area (Å²) in [6.45, 7) is 38.9. The highest BCUT2D eigenvalue weighted by Crippen LogP contribution is 2.42. The standard InChI is InChI=1S/C48H77NO15.C44H73NO13/c1-15-36-25-56-20-19-34-22-27(4)37(52)18-17-26(3)21-35(24-57-47-46(55-14)43(54-13)28(5)30(7)58-47)38(16-2)63-40(53)23-39(62-36)29(6)42(34)64-48-45(61-33(10)51)41(49(11)12)44(31(8)59-48)60-32(9)50;1-13-32-23-52-18-17-30-20-25(4)33(46)16-15-24(3)19-31(22-53-44-42(51-12)41(50-11)26(5)28(7)54-44)34(14-2)57-36(47)21-35(56-32)27(6)40(30)58-43-39(49)37(45(9)10)38(48)29(8)55-43/h15,17-18,21,27-31,34-36,38-39,41-48H,1,16,19-20,22-25H2,2-14H3;13,15-16,19,25-32,34-35,37-44,48-49H,1,14,17-18,20-23H2,2-12H3/b18-17+,26-21+;16-15+,24-19+/t27-,28-,29+,30?,31?,34+,35-,36?,38-,39-,41?,42-,43+,44-,45?,46?,47-,48+;25-,26-,27+,28?,29?,30+,31-,32?,34-,35-,37?,38-,39?,40-,41+,42?,43+,44-/m11/s1. The number of cyclic esters (lactones) is 2. The predicted octanol–water partition coefficient (Wildman–Crippen LogP) is 9.64. The van der Waals surface area contributed by atoms with E-state index in [-0.39, 0.29) is 98.9 Å². The lowest BCUT2D eigenvalue weighted by Gasteiger charge is -2.49. The number of esters is 4. The maximum Gasteiger partial charge on any atom is 0.308 e. The predicted molar refractivity (Wildman–Crippen MR) is 452 cm³/mol. The van der Waals surface area contributed by atoms with Crippen LogP contribution in [0.4, 0.5) is 0 Å². The number of fused-ring (bicyclic) bond motifs is 6. The topological polar surface area (TPSA) is 334 Å². The summed E-state index contributed by atoms with van der Waals surface area (Å²) >= 11 is 0. The van der Waals surface area contributed by atoms with Crippen molar-refractivity contribution in [3.8, 4) is 0 Å². The third kappa shape index (κ3) is 28.4. The zero-order valence-electron chi connectivity index (χ0n) is 77.1. The van der Waals surface area contributed by atoms with Gasteiger partial charge >= 0.3 is 23.9 Å². The first kappa shape index (κ1) is 104. The molecule has 122 heavy (non-hydrogen) atoms. The Kier molecular flexibility index (Phi) is 42.6. The number of likely N-dealkylation sites (N-methyl/N-ethyl adjacent to an activating group) is 2. The molecule has 2 N–H and O–H groups in total. The molecule has 36 atom stereocenters. The summed E-state index contributed by atoms with van der Waals surface area (Å²) in [4.78, 5) is 85.0. The van der Waals surface area contributed by atoms with Gasteiger partial charge in [-0.15, -0.1) is 13.2 Å². The summed E-state index contributed by atoms with van der Waals surface area (Å²) in [5.74, 6) is -5.39. The largest absolute Gasteiger partial charge is 0.462 e. The first-order valence-electron chi connectivity index (χ1n) is 44.1. The Bertz CT molecular complexity index is 3410. The van der Waals surface area contributed by atoms with Gasteiger partial charge in [0.1, 0.15) is 36.6 Å². The maximum atomic E-state index is 14.4. The highest BCUT2D eigenvalue weighted by atomic mass is 16.7. The number of carbonyl (C=O) groups excluding carboxylic acids is 6. The minimum Gasteiger partial charge on any atom is -0.462 e. The lowest BCUT2D eigenvalue weighted by molar-refractivity contribution is -0.309. The molecule has 0 radical (unpaired) electrons. The van der Waals surface area contributed by atoms with E-state index < -0.39 is 194 Å². The molecule has 0 aliphatic carbocycles. The van der Waals surface area contributed by atoms with Crippen molar-refractivity contribution in [2.45, 2.75) is 321 Å². The number of rotatable bonds is 22. The minimum absolute atomic E-state index is 0.0526. The zero-order chi connectivity index (χ0) is 90.3. The molecule has 4 bridgehead atoms. The normalized spacial score (nSPS) is 42.6. The molecule has 0 aromatic rings. The summed E-state index contributed by atoms with van der Waals surface area (Å²) in [6, 6.07) is -1.31. The van der Waals surface area contributed by atoms with Gasteiger partial charge in [-0.05, 0) is 132 Å². The van der Waals surface area contributed by atoms with Crippen molar-refractivity contribution in [1.82, 2.24) is 9.80 Å². The van der Waals surface area contributed by atoms with Crippen molar-refractivity contribution in [2.24, 2.45) is 59.2 Å². The average molecular weight is 1730 g/mol. The van der Waals surface area contributed by atoms with Crippen molar-refractivity contribution in [2.75, 3.05) is 96.3 Å². The number of aliphatic hydroxyl groups is 2. The number of hydrogen-bond acceptors (Lipinski definition) is 30. The molecule has 6 fully saturated rings. The lowest BCUT2D eigenvalue weighted by atomic mass is 9.79. The number of carbonyl (C=O) groups is 6. The van der Waals surface area contributed by atoms with Crippen molar-refractivity contribution >= 4 is 35.4 Å². The fourth-order valence-electron chi connectivity index (χ4n) is 18.4. The SMILES string of the molecule is C=CC1COCC[C@H]2C[C@@H](C)C(=O)/C=C/C(C)=C/[C@H](CO[C@@H]3OC(C)[C@@H](C)[C@H](OC)C3OC)[C@@H](CC)OC(=O)C[C@@H](O1)[C@H](C)[C@H]2O[C@@H]1OC(C)[C@@H](O)C(N(C)C)C1O.C=CC1COCC[C@H]2C[C@@H](C)C(=O)/C=C/C(C)=C/[C@H](CO[C@@H]3OC(C)[C@@H](C)[C@H](OC)C3OC)[C@@H](CC)OC(=O)C[C@@H](O1)[C@H](C)[C@H]2O[C@@H]1OC(C)[C@@H](OC(C)=O)C(N(C)C)C1OC(C)=O. The van der Waals surface area contributed by atoms with Crippen LogP contribution in [0.15, 0.2) is 72.9 Å². The molecule has 696 valence electrons. The van der Waals surface area contributed by atoms with Gasteiger partial charge in [-0.1, -0.05) is 103 Å². The van der Waals surface area contributed by atoms with Gasteiger partial charge in [-0.3, -0.25) is 33.7 Å². The van der Waals surface area contributed by atoms with Crippen molar-refractivity contribution in [3.63, 3.8) is 0 Å². The Labute approximate surface area is 725 Å². The Hall–Kier alpha value is -5.14. The fraction of sp³-hybridized carbons (Fsp3) is 0.804. The van der Waals surface area contributed by atoms with Crippen molar-refractivity contribution in [1.29, 1.82) is 0 Å². The summed E-state index contributed by atoms with van der Waals surface area (Å²) in [5.41, 5.74) is 1.59. The van der Waals surface area contributed by atoms with Gasteiger partial charge in [0.2, 0.25) is 0 Å². The Morgan fingerprint density at radius 3 is 1.24 bits per heavy atom. The molecule has 0 spiro atoms. The molecule has 0 amide bonds. The molecule has 30 heteroatoms. The van der Waals surface area contributed by atoms with E-state index in [1.165, 1.54) is 13.8 Å². The Morgan fingerprint density at radius 1 is 0.475 bits per heavy atom. The molecule has 6 saturated heterocycles. The second-order valence-electron chi connectivity index (χ2n) is 35.3. The molecule has 30 nitrogen and oxygen atoms in total. The summed E-state index contributed by atoms with van der Waals surface area (Å²) in [5, 5.41) is 22.5. The second kappa shape index (κ2) is 50.0. The molecule has 0 aromatic heterocycles. The number of aliphatic hydroxyl groups excluding tert-OH is 2. The molecular weight excluding hydrogens is 1580 g/mol. The van der Waals surface area contributed by atoms with Gasteiger partial charge < -0.3 is 110 Å². The Balaban J connectivity index is 0.000000337. The van der Waals surface area contributed by atoms with Crippen LogP contribution in [0.5, 0.6) is 0 Å². The van der Waals surface area contributed by atoms with Crippen LogP contribution in [0.2, 0.25) is 0 Å². The molecule has 0 aromatic carbocycles. The molecule has 0 saturated carbocycles. The summed E-state index contributed by atoms with van der Waals surface area (Å²) in [7, 11) is 13.7. The van der Waals surface area contributed by atoms with Crippen LogP contribution in [-0.4, -0.2) is 311 Å². The first-order chi connectivity index (χ1) is 57.9. The lowest BCUT2D eigenvalue weighted by Crippen LogP contribution is -2.65. The van der Waals surface area contributed by atoms with E-state index in [2.05, 4.69) is 20.1 Å². The van der Waals surface area contributed by atoms with Gasteiger partial charge in [0, 0.05) is 103 Å². The molecule has 8 aliphatic rings. The molecule has 8 heterocycles. The van der Waals surface area contributed by atoms with Crippen molar-refractivity contribution in [3.05, 3.63) is 72.9 Å². The van der Waals surface area contributed by atoms with Gasteiger partial charge in [0.25, 0.3) is 0 Å². The van der Waals surface area contributed by atoms with E-state index >= 15 is 0 Å². The summed E-state index contributed by atoms with van der Waals surface area (Å²) < 4.78 is 125. The van der Waals surface area contributed by atoms with Crippen LogP contribution in [0.25, 0.3) is 0 Å². The van der Waals surface area contributed by atoms with E-state index in [4.69, 9.17) is 94.7 Å². The third-order valence-corrected chi connectivity index (χ3v) is 25.8. The first-order valence-corrected chi connectivity index (χ1v) is 44.1. The highest BCUT2D eigenvalue weighted by Gasteiger charge is 2.54. The van der Waals surface area contributed by atoms with Crippen LogP contribution in [0.3, 0.4) is 0 Å². The van der Waals surface area contributed by atoms with Gasteiger partial charge in [0.15, 0.2) is 42.8 Å². The average Bonchev–Trinajstić information content (AvgIpc) is 0.777. The monoisotopic (exact) mass is 1730 g/mol. The third-order valence-electron chi connectivity index (χ3n) is 25.8. The molecule has 8 aliphatic heterocycles. The van der Waals surface area contributed by atoms with E-state index in [0.29, 0.717) is 51.7 Å². The second-order valence-corrected chi connectivity index (χ2v) is 35.3. The van der Waals surface area contributed by atoms with E-state index in [0.717, 1.165) is 11.1 Å². The highest BCUT2D eigenvalue weighted by molar-refractivity contribution is 5.92. The number of ketones is 2. The van der Waals surface area contributed by atoms with Crippen LogP contribution in [-0.2, 0) is 124 Å². The molecular formula is C92H150N2O28. The molecule has 8 rings (SSSR count). The number of hydrogen-bond donors (Lipinski definition) is 2. The van der Waals surface area contributed by atoms with Crippen molar-refractivity contribution < 1.29 is 134 Å². The number of ether oxygens (including phenoxy) is 20. The zero-order valence-corrected chi connectivity index (χ0v) is 77.1. The van der Waals surface area contributed by atoms with Crippen LogP contribution in [0.1, 0.15) is 162 Å².